The lowest BCUT2D eigenvalue weighted by molar-refractivity contribution is 0.239. The molecule has 0 saturated carbocycles. The Balaban J connectivity index is 2.24. The molecule has 0 bridgehead atoms. The van der Waals surface area contributed by atoms with Gasteiger partial charge in [0.15, 0.2) is 0 Å². The lowest BCUT2D eigenvalue weighted by atomic mass is 10.1. The van der Waals surface area contributed by atoms with E-state index in [4.69, 9.17) is 5.73 Å². The van der Waals surface area contributed by atoms with E-state index >= 15 is 0 Å². The Labute approximate surface area is 85.8 Å². The molecule has 1 aliphatic rings. The molecule has 2 amide bonds. The zero-order valence-corrected chi connectivity index (χ0v) is 8.30. The molecule has 4 nitrogen and oxygen atoms in total. The molecule has 1 unspecified atom stereocenters. The third-order valence-corrected chi connectivity index (χ3v) is 2.95. The molecule has 1 aromatic heterocycles. The number of carbonyl (C=O) groups excluding carboxylic acids is 1. The van der Waals surface area contributed by atoms with Crippen molar-refractivity contribution in [1.29, 1.82) is 0 Å². The SMILES string of the molecule is NCC1=CC(c2cccs2)NC(=O)N1. The van der Waals surface area contributed by atoms with Crippen LogP contribution in [0.15, 0.2) is 29.3 Å². The third-order valence-electron chi connectivity index (χ3n) is 2.00. The number of urea groups is 1. The average molecular weight is 209 g/mol. The first-order valence-corrected chi connectivity index (χ1v) is 5.19. The van der Waals surface area contributed by atoms with Crippen molar-refractivity contribution in [3.8, 4) is 0 Å². The van der Waals surface area contributed by atoms with Gasteiger partial charge in [0.1, 0.15) is 0 Å². The van der Waals surface area contributed by atoms with E-state index in [9.17, 15) is 4.79 Å². The van der Waals surface area contributed by atoms with Crippen LogP contribution in [0, 0.1) is 0 Å². The van der Waals surface area contributed by atoms with Crippen molar-refractivity contribution in [3.05, 3.63) is 34.2 Å². The Morgan fingerprint density at radius 3 is 3.07 bits per heavy atom. The predicted molar refractivity (Wildman–Crippen MR) is 55.9 cm³/mol. The average Bonchev–Trinajstić information content (AvgIpc) is 2.69. The van der Waals surface area contributed by atoms with E-state index in [0.29, 0.717) is 6.54 Å². The van der Waals surface area contributed by atoms with Gasteiger partial charge in [0.25, 0.3) is 0 Å². The van der Waals surface area contributed by atoms with Gasteiger partial charge in [-0.25, -0.2) is 4.79 Å². The summed E-state index contributed by atoms with van der Waals surface area (Å²) in [7, 11) is 0. The van der Waals surface area contributed by atoms with Gasteiger partial charge in [0.2, 0.25) is 0 Å². The summed E-state index contributed by atoms with van der Waals surface area (Å²) < 4.78 is 0. The van der Waals surface area contributed by atoms with Gasteiger partial charge in [-0.15, -0.1) is 11.3 Å². The molecule has 5 heteroatoms. The topological polar surface area (TPSA) is 67.1 Å². The predicted octanol–water partition coefficient (Wildman–Crippen LogP) is 0.945. The summed E-state index contributed by atoms with van der Waals surface area (Å²) in [5.74, 6) is 0. The fourth-order valence-electron chi connectivity index (χ4n) is 1.35. The van der Waals surface area contributed by atoms with Crippen molar-refractivity contribution in [2.45, 2.75) is 6.04 Å². The van der Waals surface area contributed by atoms with Crippen LogP contribution < -0.4 is 16.4 Å². The van der Waals surface area contributed by atoms with Gasteiger partial charge >= 0.3 is 6.03 Å². The summed E-state index contributed by atoms with van der Waals surface area (Å²) in [6.07, 6.45) is 1.94. The van der Waals surface area contributed by atoms with E-state index in [-0.39, 0.29) is 12.1 Å². The Morgan fingerprint density at radius 1 is 1.57 bits per heavy atom. The zero-order chi connectivity index (χ0) is 9.97. The highest BCUT2D eigenvalue weighted by atomic mass is 32.1. The summed E-state index contributed by atoms with van der Waals surface area (Å²) in [6.45, 7) is 0.356. The van der Waals surface area contributed by atoms with E-state index in [1.807, 2.05) is 23.6 Å². The maximum atomic E-state index is 11.2. The number of nitrogens with one attached hydrogen (secondary N) is 2. The van der Waals surface area contributed by atoms with Gasteiger partial charge in [-0.3, -0.25) is 0 Å². The molecule has 1 aromatic rings. The van der Waals surface area contributed by atoms with Crippen LogP contribution in [-0.4, -0.2) is 12.6 Å². The molecule has 2 rings (SSSR count). The fourth-order valence-corrected chi connectivity index (χ4v) is 2.09. The van der Waals surface area contributed by atoms with Gasteiger partial charge < -0.3 is 16.4 Å². The van der Waals surface area contributed by atoms with Gasteiger partial charge in [-0.05, 0) is 17.5 Å². The molecule has 0 spiro atoms. The highest BCUT2D eigenvalue weighted by Gasteiger charge is 2.19. The largest absolute Gasteiger partial charge is 0.327 e. The lowest BCUT2D eigenvalue weighted by Gasteiger charge is -2.22. The van der Waals surface area contributed by atoms with Gasteiger partial charge in [-0.2, -0.15) is 0 Å². The van der Waals surface area contributed by atoms with Crippen LogP contribution in [0.4, 0.5) is 4.79 Å². The maximum absolute atomic E-state index is 11.2. The minimum atomic E-state index is -0.189. The number of rotatable bonds is 2. The first-order valence-electron chi connectivity index (χ1n) is 4.31. The Bertz CT molecular complexity index is 358. The molecule has 4 N–H and O–H groups in total. The summed E-state index contributed by atoms with van der Waals surface area (Å²) in [6, 6.07) is 3.73. The van der Waals surface area contributed by atoms with E-state index < -0.39 is 0 Å². The summed E-state index contributed by atoms with van der Waals surface area (Å²) in [4.78, 5) is 12.3. The van der Waals surface area contributed by atoms with E-state index in [2.05, 4.69) is 10.6 Å². The van der Waals surface area contributed by atoms with Crippen molar-refractivity contribution in [1.82, 2.24) is 10.6 Å². The molecule has 74 valence electrons. The maximum Gasteiger partial charge on any atom is 0.319 e. The molecular weight excluding hydrogens is 198 g/mol. The first kappa shape index (κ1) is 9.23. The van der Waals surface area contributed by atoms with Crippen LogP contribution >= 0.6 is 11.3 Å². The van der Waals surface area contributed by atoms with Crippen LogP contribution in [0.3, 0.4) is 0 Å². The van der Waals surface area contributed by atoms with Crippen LogP contribution in [0.2, 0.25) is 0 Å². The van der Waals surface area contributed by atoms with Crippen LogP contribution in [-0.2, 0) is 0 Å². The standard InChI is InChI=1S/C9H11N3OS/c10-5-6-4-7(12-9(13)11-6)8-2-1-3-14-8/h1-4,7H,5,10H2,(H2,11,12,13). The molecule has 2 heterocycles. The summed E-state index contributed by atoms with van der Waals surface area (Å²) >= 11 is 1.62. The van der Waals surface area contributed by atoms with Crippen molar-refractivity contribution >= 4 is 17.4 Å². The monoisotopic (exact) mass is 209 g/mol. The van der Waals surface area contributed by atoms with E-state index in [0.717, 1.165) is 10.6 Å². The number of hydrogen-bond donors (Lipinski definition) is 3. The summed E-state index contributed by atoms with van der Waals surface area (Å²) in [5.41, 5.74) is 6.24. The minimum Gasteiger partial charge on any atom is -0.327 e. The molecule has 0 aromatic carbocycles. The second-order valence-electron chi connectivity index (χ2n) is 2.99. The molecule has 1 atom stereocenters. The van der Waals surface area contributed by atoms with Crippen molar-refractivity contribution in [3.63, 3.8) is 0 Å². The smallest absolute Gasteiger partial charge is 0.319 e. The molecular formula is C9H11N3OS. The Morgan fingerprint density at radius 2 is 2.43 bits per heavy atom. The number of nitrogens with two attached hydrogens (primary N) is 1. The van der Waals surface area contributed by atoms with Gasteiger partial charge in [-0.1, -0.05) is 6.07 Å². The Hall–Kier alpha value is -1.33. The van der Waals surface area contributed by atoms with E-state index in [1.54, 1.807) is 11.3 Å². The molecule has 1 aliphatic heterocycles. The molecule has 0 radical (unpaired) electrons. The highest BCUT2D eigenvalue weighted by molar-refractivity contribution is 7.10. The lowest BCUT2D eigenvalue weighted by Crippen LogP contribution is -2.42. The normalized spacial score (nSPS) is 21.1. The molecule has 14 heavy (non-hydrogen) atoms. The minimum absolute atomic E-state index is 0.0395. The highest BCUT2D eigenvalue weighted by Crippen LogP contribution is 2.22. The van der Waals surface area contributed by atoms with Crippen LogP contribution in [0.5, 0.6) is 0 Å². The van der Waals surface area contributed by atoms with Gasteiger partial charge in [0, 0.05) is 17.1 Å². The Kier molecular flexibility index (Phi) is 2.51. The van der Waals surface area contributed by atoms with Crippen molar-refractivity contribution < 1.29 is 4.79 Å². The quantitative estimate of drug-likeness (QED) is 0.678. The first-order chi connectivity index (χ1) is 6.79. The zero-order valence-electron chi connectivity index (χ0n) is 7.49. The van der Waals surface area contributed by atoms with Crippen LogP contribution in [0.1, 0.15) is 10.9 Å². The number of thiophene rings is 1. The second kappa shape index (κ2) is 3.81. The number of hydrogen-bond acceptors (Lipinski definition) is 3. The van der Waals surface area contributed by atoms with E-state index in [1.165, 1.54) is 0 Å². The molecule has 0 saturated heterocycles. The van der Waals surface area contributed by atoms with Gasteiger partial charge in [0.05, 0.1) is 6.04 Å². The second-order valence-corrected chi connectivity index (χ2v) is 3.97. The summed E-state index contributed by atoms with van der Waals surface area (Å²) in [5, 5.41) is 7.45. The van der Waals surface area contributed by atoms with Crippen molar-refractivity contribution in [2.75, 3.05) is 6.54 Å². The third kappa shape index (κ3) is 1.78. The fraction of sp³-hybridized carbons (Fsp3) is 0.222. The number of carbonyl (C=O) groups is 1. The molecule has 0 aliphatic carbocycles. The number of amides is 2. The molecule has 0 fully saturated rings. The van der Waals surface area contributed by atoms with Crippen LogP contribution in [0.25, 0.3) is 0 Å². The van der Waals surface area contributed by atoms with Crippen molar-refractivity contribution in [2.24, 2.45) is 5.73 Å².